The van der Waals surface area contributed by atoms with Gasteiger partial charge in [-0.05, 0) is 24.3 Å². The molecule has 5 heteroatoms. The van der Waals surface area contributed by atoms with Crippen molar-refractivity contribution in [2.75, 3.05) is 18.0 Å². The van der Waals surface area contributed by atoms with Crippen LogP contribution in [-0.4, -0.2) is 25.1 Å². The Bertz CT molecular complexity index is 673. The molecular formula is C18H18N2O3. The second-order valence-electron chi connectivity index (χ2n) is 5.49. The van der Waals surface area contributed by atoms with Crippen molar-refractivity contribution >= 4 is 17.7 Å². The van der Waals surface area contributed by atoms with E-state index in [1.54, 1.807) is 29.2 Å². The van der Waals surface area contributed by atoms with Gasteiger partial charge in [-0.3, -0.25) is 4.79 Å². The standard InChI is InChI=1S/C18H18N2O3/c21-17-11-14(13-20(17)15-7-3-1-4-8-15)12-19-18(22)23-16-9-5-2-6-10-16/h1-10,14H,11-13H2,(H,19,22). The number of anilines is 1. The van der Waals surface area contributed by atoms with Gasteiger partial charge in [0.25, 0.3) is 0 Å². The van der Waals surface area contributed by atoms with Gasteiger partial charge >= 0.3 is 6.09 Å². The second-order valence-corrected chi connectivity index (χ2v) is 5.49. The van der Waals surface area contributed by atoms with Crippen molar-refractivity contribution in [3.05, 3.63) is 60.7 Å². The van der Waals surface area contributed by atoms with Gasteiger partial charge < -0.3 is 15.0 Å². The van der Waals surface area contributed by atoms with Crippen molar-refractivity contribution in [2.45, 2.75) is 6.42 Å². The molecule has 3 rings (SSSR count). The third-order valence-corrected chi connectivity index (χ3v) is 3.76. The van der Waals surface area contributed by atoms with Gasteiger partial charge in [-0.2, -0.15) is 0 Å². The van der Waals surface area contributed by atoms with E-state index in [1.807, 2.05) is 36.4 Å². The molecule has 1 heterocycles. The summed E-state index contributed by atoms with van der Waals surface area (Å²) in [4.78, 5) is 25.6. The van der Waals surface area contributed by atoms with Gasteiger partial charge in [0.2, 0.25) is 5.91 Å². The van der Waals surface area contributed by atoms with Crippen LogP contribution in [0.2, 0.25) is 0 Å². The monoisotopic (exact) mass is 310 g/mol. The lowest BCUT2D eigenvalue weighted by molar-refractivity contribution is -0.117. The highest BCUT2D eigenvalue weighted by Gasteiger charge is 2.30. The molecule has 118 valence electrons. The number of ether oxygens (including phenoxy) is 1. The van der Waals surface area contributed by atoms with Crippen LogP contribution < -0.4 is 15.0 Å². The zero-order chi connectivity index (χ0) is 16.1. The summed E-state index contributed by atoms with van der Waals surface area (Å²) in [7, 11) is 0. The van der Waals surface area contributed by atoms with E-state index in [1.165, 1.54) is 0 Å². The van der Waals surface area contributed by atoms with Crippen molar-refractivity contribution < 1.29 is 14.3 Å². The van der Waals surface area contributed by atoms with Crippen LogP contribution in [0.25, 0.3) is 0 Å². The summed E-state index contributed by atoms with van der Waals surface area (Å²) in [6, 6.07) is 18.5. The minimum atomic E-state index is -0.498. The summed E-state index contributed by atoms with van der Waals surface area (Å²) in [5.41, 5.74) is 0.895. The molecule has 23 heavy (non-hydrogen) atoms. The maximum absolute atomic E-state index is 12.1. The zero-order valence-corrected chi connectivity index (χ0v) is 12.6. The van der Waals surface area contributed by atoms with Crippen molar-refractivity contribution in [1.82, 2.24) is 5.32 Å². The third-order valence-electron chi connectivity index (χ3n) is 3.76. The Balaban J connectivity index is 1.50. The molecule has 1 unspecified atom stereocenters. The number of carbonyl (C=O) groups is 2. The van der Waals surface area contributed by atoms with Gasteiger partial charge in [-0.1, -0.05) is 36.4 Å². The average Bonchev–Trinajstić information content (AvgIpc) is 2.96. The largest absolute Gasteiger partial charge is 0.412 e. The molecule has 0 radical (unpaired) electrons. The summed E-state index contributed by atoms with van der Waals surface area (Å²) < 4.78 is 5.16. The lowest BCUT2D eigenvalue weighted by atomic mass is 10.1. The van der Waals surface area contributed by atoms with Crippen molar-refractivity contribution in [3.8, 4) is 5.75 Å². The van der Waals surface area contributed by atoms with E-state index in [9.17, 15) is 9.59 Å². The minimum absolute atomic E-state index is 0.0828. The van der Waals surface area contributed by atoms with E-state index in [4.69, 9.17) is 4.74 Å². The molecular weight excluding hydrogens is 292 g/mol. The number of nitrogens with zero attached hydrogens (tertiary/aromatic N) is 1. The summed E-state index contributed by atoms with van der Waals surface area (Å²) >= 11 is 0. The predicted octanol–water partition coefficient (Wildman–Crippen LogP) is 2.83. The van der Waals surface area contributed by atoms with E-state index in [0.29, 0.717) is 25.3 Å². The molecule has 1 atom stereocenters. The molecule has 0 bridgehead atoms. The van der Waals surface area contributed by atoms with Crippen LogP contribution in [0.3, 0.4) is 0 Å². The molecule has 1 saturated heterocycles. The van der Waals surface area contributed by atoms with Crippen LogP contribution >= 0.6 is 0 Å². The van der Waals surface area contributed by atoms with Gasteiger partial charge in [0.1, 0.15) is 5.75 Å². The van der Waals surface area contributed by atoms with E-state index in [-0.39, 0.29) is 11.8 Å². The molecule has 2 aromatic carbocycles. The number of benzene rings is 2. The third kappa shape index (κ3) is 3.88. The highest BCUT2D eigenvalue weighted by Crippen LogP contribution is 2.24. The van der Waals surface area contributed by atoms with E-state index < -0.39 is 6.09 Å². The normalized spacial score (nSPS) is 17.1. The highest BCUT2D eigenvalue weighted by atomic mass is 16.6. The fourth-order valence-electron chi connectivity index (χ4n) is 2.64. The molecule has 1 aliphatic heterocycles. The fourth-order valence-corrected chi connectivity index (χ4v) is 2.64. The number of hydrogen-bond acceptors (Lipinski definition) is 3. The Hall–Kier alpha value is -2.82. The lowest BCUT2D eigenvalue weighted by Crippen LogP contribution is -2.33. The molecule has 0 aromatic heterocycles. The number of carbonyl (C=O) groups excluding carboxylic acids is 2. The van der Waals surface area contributed by atoms with Gasteiger partial charge in [-0.25, -0.2) is 4.79 Å². The van der Waals surface area contributed by atoms with Crippen LogP contribution in [0.1, 0.15) is 6.42 Å². The van der Waals surface area contributed by atoms with Gasteiger partial charge in [0.05, 0.1) is 0 Å². The summed E-state index contributed by atoms with van der Waals surface area (Å²) in [5, 5.41) is 2.73. The highest BCUT2D eigenvalue weighted by molar-refractivity contribution is 5.95. The van der Waals surface area contributed by atoms with Gasteiger partial charge in [-0.15, -0.1) is 0 Å². The number of para-hydroxylation sites is 2. The Morgan fingerprint density at radius 1 is 1.09 bits per heavy atom. The molecule has 1 aliphatic rings. The minimum Gasteiger partial charge on any atom is -0.410 e. The summed E-state index contributed by atoms with van der Waals surface area (Å²) in [6.45, 7) is 1.02. The zero-order valence-electron chi connectivity index (χ0n) is 12.6. The van der Waals surface area contributed by atoms with Crippen LogP contribution in [0.5, 0.6) is 5.75 Å². The van der Waals surface area contributed by atoms with Crippen molar-refractivity contribution in [1.29, 1.82) is 0 Å². The molecule has 0 spiro atoms. The van der Waals surface area contributed by atoms with Crippen LogP contribution in [0.4, 0.5) is 10.5 Å². The summed E-state index contributed by atoms with van der Waals surface area (Å²) in [6.07, 6.45) is -0.0673. The number of hydrogen-bond donors (Lipinski definition) is 1. The molecule has 2 aromatic rings. The number of amides is 2. The first-order valence-corrected chi connectivity index (χ1v) is 7.58. The second kappa shape index (κ2) is 6.96. The van der Waals surface area contributed by atoms with Crippen molar-refractivity contribution in [2.24, 2.45) is 5.92 Å². The van der Waals surface area contributed by atoms with E-state index >= 15 is 0 Å². The van der Waals surface area contributed by atoms with Gasteiger partial charge in [0.15, 0.2) is 0 Å². The topological polar surface area (TPSA) is 58.6 Å². The average molecular weight is 310 g/mol. The first kappa shape index (κ1) is 15.1. The first-order valence-electron chi connectivity index (χ1n) is 7.58. The van der Waals surface area contributed by atoms with E-state index in [2.05, 4.69) is 5.32 Å². The number of nitrogens with one attached hydrogen (secondary N) is 1. The fraction of sp³-hybridized carbons (Fsp3) is 0.222. The number of rotatable bonds is 4. The Morgan fingerprint density at radius 3 is 2.43 bits per heavy atom. The Morgan fingerprint density at radius 2 is 1.74 bits per heavy atom. The molecule has 1 N–H and O–H groups in total. The Labute approximate surface area is 134 Å². The molecule has 2 amide bonds. The maximum Gasteiger partial charge on any atom is 0.412 e. The molecule has 5 nitrogen and oxygen atoms in total. The van der Waals surface area contributed by atoms with Crippen molar-refractivity contribution in [3.63, 3.8) is 0 Å². The first-order chi connectivity index (χ1) is 11.2. The predicted molar refractivity (Wildman–Crippen MR) is 87.4 cm³/mol. The quantitative estimate of drug-likeness (QED) is 0.944. The summed E-state index contributed by atoms with van der Waals surface area (Å²) in [5.74, 6) is 0.670. The Kier molecular flexibility index (Phi) is 4.57. The molecule has 1 fully saturated rings. The smallest absolute Gasteiger partial charge is 0.410 e. The maximum atomic E-state index is 12.1. The SMILES string of the molecule is O=C(NCC1CC(=O)N(c2ccccc2)C1)Oc1ccccc1. The molecule has 0 saturated carbocycles. The van der Waals surface area contributed by atoms with E-state index in [0.717, 1.165) is 5.69 Å². The van der Waals surface area contributed by atoms with Crippen LogP contribution in [0.15, 0.2) is 60.7 Å². The lowest BCUT2D eigenvalue weighted by Gasteiger charge is -2.16. The van der Waals surface area contributed by atoms with Crippen LogP contribution in [0, 0.1) is 5.92 Å². The van der Waals surface area contributed by atoms with Gasteiger partial charge in [0, 0.05) is 31.1 Å². The molecule has 0 aliphatic carbocycles. The van der Waals surface area contributed by atoms with Crippen LogP contribution in [-0.2, 0) is 4.79 Å².